The Kier molecular flexibility index (Phi) is 20.9. The lowest BCUT2D eigenvalue weighted by Crippen LogP contribution is -2.38. The van der Waals surface area contributed by atoms with Crippen LogP contribution in [0.15, 0.2) is 85.6 Å². The zero-order valence-corrected chi connectivity index (χ0v) is 32.8. The fourth-order valence-corrected chi connectivity index (χ4v) is 5.93. The van der Waals surface area contributed by atoms with Crippen LogP contribution in [0.4, 0.5) is 18.9 Å². The summed E-state index contributed by atoms with van der Waals surface area (Å²) in [6.45, 7) is 15.8. The number of likely N-dealkylation sites (tertiary alicyclic amines) is 1. The van der Waals surface area contributed by atoms with Gasteiger partial charge in [-0.05, 0) is 90.2 Å². The predicted molar refractivity (Wildman–Crippen MR) is 216 cm³/mol. The van der Waals surface area contributed by atoms with Crippen molar-refractivity contribution in [3.8, 4) is 5.75 Å². The smallest absolute Gasteiger partial charge is 0.290 e. The Bertz CT molecular complexity index is 1650. The van der Waals surface area contributed by atoms with E-state index in [9.17, 15) is 13.2 Å². The molecule has 3 aliphatic rings. The molecule has 0 aromatic heterocycles. The van der Waals surface area contributed by atoms with Crippen molar-refractivity contribution in [2.45, 2.75) is 78.7 Å². The van der Waals surface area contributed by atoms with Crippen molar-refractivity contribution in [3.05, 3.63) is 119 Å². The van der Waals surface area contributed by atoms with E-state index < -0.39 is 5.92 Å². The number of carboxylic acid groups (broad SMARTS) is 1. The van der Waals surface area contributed by atoms with Crippen LogP contribution in [0.2, 0.25) is 0 Å². The van der Waals surface area contributed by atoms with Gasteiger partial charge in [-0.1, -0.05) is 87.4 Å². The first-order chi connectivity index (χ1) is 25.9. The van der Waals surface area contributed by atoms with Crippen molar-refractivity contribution in [1.29, 1.82) is 0 Å². The Labute approximate surface area is 320 Å². The van der Waals surface area contributed by atoms with E-state index in [1.54, 1.807) is 13.2 Å². The summed E-state index contributed by atoms with van der Waals surface area (Å²) in [5, 5.41) is 9.57. The van der Waals surface area contributed by atoms with Crippen LogP contribution in [0.1, 0.15) is 66.8 Å². The number of hydrogen-bond donors (Lipinski definition) is 2. The van der Waals surface area contributed by atoms with Crippen molar-refractivity contribution in [2.75, 3.05) is 51.4 Å². The van der Waals surface area contributed by atoms with E-state index in [-0.39, 0.29) is 25.1 Å². The number of morpholine rings is 1. The van der Waals surface area contributed by atoms with E-state index in [2.05, 4.69) is 83.6 Å². The molecule has 54 heavy (non-hydrogen) atoms. The molecule has 296 valence electrons. The van der Waals surface area contributed by atoms with Crippen LogP contribution in [0.5, 0.6) is 5.75 Å². The van der Waals surface area contributed by atoms with Gasteiger partial charge >= 0.3 is 0 Å². The number of nitrogens with two attached hydrogens (primary N) is 1. The third-order valence-electron chi connectivity index (χ3n) is 8.95. The highest BCUT2D eigenvalue weighted by molar-refractivity contribution is 5.85. The quantitative estimate of drug-likeness (QED) is 0.196. The van der Waals surface area contributed by atoms with Crippen LogP contribution in [0.3, 0.4) is 0 Å². The molecule has 7 nitrogen and oxygen atoms in total. The van der Waals surface area contributed by atoms with E-state index in [1.165, 1.54) is 41.8 Å². The summed E-state index contributed by atoms with van der Waals surface area (Å²) in [5.41, 5.74) is 11.1. The number of aryl methyl sites for hydroxylation is 3. The second-order valence-electron chi connectivity index (χ2n) is 13.3. The number of benzene rings is 4. The van der Waals surface area contributed by atoms with Gasteiger partial charge in [-0.15, -0.1) is 0 Å². The minimum atomic E-state index is -2.47. The fraction of sp³-hybridized carbons (Fsp3) is 0.432. The summed E-state index contributed by atoms with van der Waals surface area (Å²) in [6.07, 6.45) is 6.45. The summed E-state index contributed by atoms with van der Waals surface area (Å²) in [6, 6.07) is 24.5. The van der Waals surface area contributed by atoms with Gasteiger partial charge in [-0.3, -0.25) is 9.69 Å². The van der Waals surface area contributed by atoms with E-state index in [4.69, 9.17) is 19.4 Å². The van der Waals surface area contributed by atoms with Gasteiger partial charge in [0.15, 0.2) is 0 Å². The zero-order chi connectivity index (χ0) is 39.9. The zero-order valence-electron chi connectivity index (χ0n) is 32.8. The molecular weight excluding hydrogens is 691 g/mol. The van der Waals surface area contributed by atoms with Crippen molar-refractivity contribution in [3.63, 3.8) is 0 Å². The van der Waals surface area contributed by atoms with Crippen LogP contribution in [-0.2, 0) is 22.5 Å². The average molecular weight is 752 g/mol. The van der Waals surface area contributed by atoms with Gasteiger partial charge in [0.05, 0.1) is 20.3 Å². The molecule has 0 unspecified atom stereocenters. The number of anilines is 1. The second kappa shape index (κ2) is 24.7. The number of methoxy groups -OCH3 is 1. The molecule has 0 atom stereocenters. The monoisotopic (exact) mass is 751 g/mol. The number of fused-ring (bicyclic) bond motifs is 1. The third kappa shape index (κ3) is 16.6. The first-order valence-electron chi connectivity index (χ1n) is 18.6. The number of ether oxygens (including phenoxy) is 2. The largest absolute Gasteiger partial charge is 0.496 e. The van der Waals surface area contributed by atoms with Gasteiger partial charge in [-0.2, -0.15) is 0 Å². The fourth-order valence-electron chi connectivity index (χ4n) is 5.93. The lowest BCUT2D eigenvalue weighted by molar-refractivity contribution is -0.122. The number of nitrogens with zero attached hydrogens (tertiary/aromatic N) is 2. The average Bonchev–Trinajstić information content (AvgIpc) is 4.05. The number of piperidine rings is 1. The van der Waals surface area contributed by atoms with Crippen LogP contribution < -0.4 is 15.4 Å². The first kappa shape index (κ1) is 45.6. The first-order valence-corrected chi connectivity index (χ1v) is 18.6. The molecule has 4 aromatic rings. The topological polar surface area (TPSA) is 88.3 Å². The summed E-state index contributed by atoms with van der Waals surface area (Å²) in [4.78, 5) is 12.6. The molecule has 10 heteroatoms. The predicted octanol–water partition coefficient (Wildman–Crippen LogP) is 9.88. The molecule has 2 heterocycles. The summed E-state index contributed by atoms with van der Waals surface area (Å²) >= 11 is 0. The molecule has 3 N–H and O–H groups in total. The van der Waals surface area contributed by atoms with Gasteiger partial charge < -0.3 is 25.2 Å². The Morgan fingerprint density at radius 2 is 1.48 bits per heavy atom. The molecule has 7 rings (SSSR count). The molecule has 3 fully saturated rings. The summed E-state index contributed by atoms with van der Waals surface area (Å²) < 4.78 is 50.4. The molecule has 0 bridgehead atoms. The van der Waals surface area contributed by atoms with Crippen molar-refractivity contribution < 1.29 is 32.5 Å². The molecule has 1 saturated carbocycles. The van der Waals surface area contributed by atoms with E-state index in [0.29, 0.717) is 13.1 Å². The molecule has 0 amide bonds. The van der Waals surface area contributed by atoms with Gasteiger partial charge in [0.1, 0.15) is 11.6 Å². The number of halogens is 3. The Morgan fingerprint density at radius 1 is 0.889 bits per heavy atom. The number of hydrogen-bond acceptors (Lipinski definition) is 6. The van der Waals surface area contributed by atoms with Crippen LogP contribution >= 0.6 is 0 Å². The van der Waals surface area contributed by atoms with Crippen molar-refractivity contribution >= 4 is 22.9 Å². The molecule has 0 spiro atoms. The van der Waals surface area contributed by atoms with Crippen molar-refractivity contribution in [2.24, 2.45) is 5.73 Å². The highest BCUT2D eigenvalue weighted by Crippen LogP contribution is 2.29. The van der Waals surface area contributed by atoms with Gasteiger partial charge in [0, 0.05) is 51.3 Å². The molecular formula is C44H60F3N3O4. The maximum absolute atomic E-state index is 13.8. The highest BCUT2D eigenvalue weighted by atomic mass is 19.3. The number of carbonyl (C=O) groups is 1. The molecule has 2 aliphatic heterocycles. The summed E-state index contributed by atoms with van der Waals surface area (Å²) in [5.74, 6) is -1.68. The van der Waals surface area contributed by atoms with E-state index >= 15 is 0 Å². The lowest BCUT2D eigenvalue weighted by atomic mass is 10.0. The van der Waals surface area contributed by atoms with E-state index in [1.807, 2.05) is 32.9 Å². The maximum atomic E-state index is 13.8. The van der Waals surface area contributed by atoms with Gasteiger partial charge in [0.2, 0.25) is 0 Å². The maximum Gasteiger partial charge on any atom is 0.290 e. The Balaban J connectivity index is 0.000000255. The Morgan fingerprint density at radius 3 is 2.00 bits per heavy atom. The van der Waals surface area contributed by atoms with Gasteiger partial charge in [0.25, 0.3) is 12.4 Å². The number of rotatable bonds is 5. The van der Waals surface area contributed by atoms with Crippen LogP contribution in [0, 0.1) is 26.6 Å². The lowest BCUT2D eigenvalue weighted by Gasteiger charge is -2.31. The molecule has 0 radical (unpaired) electrons. The normalized spacial score (nSPS) is 15.4. The van der Waals surface area contributed by atoms with Crippen LogP contribution in [-0.4, -0.2) is 68.9 Å². The summed E-state index contributed by atoms with van der Waals surface area (Å²) in [7, 11) is 1.65. The highest BCUT2D eigenvalue weighted by Gasteiger charge is 2.33. The number of alkyl halides is 2. The molecule has 4 aromatic carbocycles. The second-order valence-corrected chi connectivity index (χ2v) is 13.3. The standard InChI is InChI=1S/C14H19F2NO.C13H18FNO.C11H10.C3H6.C2H5N.CH2O2/c1-11-9-12(3-4-13(11)18-2)10-17-7-5-14(15,16)6-8-17;1-3-12-10(2)8-11(9-13(12)14)15-4-6-16-7-5-15;1-9-5-4-7-10-6-2-3-8-11(9)10;1-2-3-1;1-2-3;2-1-3/h3-4,9H,5-8,10H2,1-2H3;8-9H,3-7H2,1-2H3;2-8H,1H3;1-3H2;2H,1,3H2;1H,(H,2,3). The minimum Gasteiger partial charge on any atom is -0.496 e. The molecule has 2 saturated heterocycles. The SMILES string of the molecule is C1CC1.C=CN.CCc1c(C)cc(N2CCOCC2)cc1F.COc1ccc(CN2CCC(F)(F)CC2)cc1C.Cc1cccc2ccccc12.O=CO. The minimum absolute atomic E-state index is 0.0257. The molecule has 1 aliphatic carbocycles. The van der Waals surface area contributed by atoms with Crippen LogP contribution in [0.25, 0.3) is 10.8 Å². The van der Waals surface area contributed by atoms with Crippen molar-refractivity contribution in [1.82, 2.24) is 4.90 Å². The Hall–Kier alpha value is -4.54. The van der Waals surface area contributed by atoms with Gasteiger partial charge in [-0.25, -0.2) is 13.2 Å². The third-order valence-corrected chi connectivity index (χ3v) is 8.95. The van der Waals surface area contributed by atoms with E-state index in [0.717, 1.165) is 73.0 Å².